The van der Waals surface area contributed by atoms with Crippen LogP contribution < -0.4 is 0 Å². The Morgan fingerprint density at radius 1 is 1.36 bits per heavy atom. The van der Waals surface area contributed by atoms with Crippen molar-refractivity contribution >= 4 is 5.97 Å². The minimum atomic E-state index is -0.606. The van der Waals surface area contributed by atoms with Gasteiger partial charge in [-0.25, -0.2) is 0 Å². The fourth-order valence-corrected chi connectivity index (χ4v) is 3.20. The standard InChI is InChI=1S/C12H18O2/c1-7(2)11(12(13)14)10-6-8-3-4-9(10)5-8/h3-4,7-11H,5-6H2,1-2H3,(H,13,14). The number of carbonyl (C=O) groups is 1. The van der Waals surface area contributed by atoms with E-state index in [0.29, 0.717) is 17.8 Å². The lowest BCUT2D eigenvalue weighted by Crippen LogP contribution is -2.30. The highest BCUT2D eigenvalue weighted by Gasteiger charge is 2.43. The highest BCUT2D eigenvalue weighted by Crippen LogP contribution is 2.48. The average molecular weight is 194 g/mol. The van der Waals surface area contributed by atoms with Gasteiger partial charge in [-0.2, -0.15) is 0 Å². The van der Waals surface area contributed by atoms with Gasteiger partial charge in [-0.3, -0.25) is 4.79 Å². The maximum Gasteiger partial charge on any atom is 0.307 e. The molecule has 2 heteroatoms. The minimum absolute atomic E-state index is 0.144. The molecular formula is C12H18O2. The Labute approximate surface area is 85.0 Å². The van der Waals surface area contributed by atoms with Crippen molar-refractivity contribution in [1.82, 2.24) is 0 Å². The van der Waals surface area contributed by atoms with Crippen LogP contribution in [0, 0.1) is 29.6 Å². The van der Waals surface area contributed by atoms with Gasteiger partial charge >= 0.3 is 5.97 Å². The van der Waals surface area contributed by atoms with E-state index in [0.717, 1.165) is 6.42 Å². The lowest BCUT2D eigenvalue weighted by atomic mass is 9.76. The molecule has 2 nitrogen and oxygen atoms in total. The van der Waals surface area contributed by atoms with Crippen molar-refractivity contribution in [3.8, 4) is 0 Å². The quantitative estimate of drug-likeness (QED) is 0.701. The molecule has 4 unspecified atom stereocenters. The fraction of sp³-hybridized carbons (Fsp3) is 0.750. The van der Waals surface area contributed by atoms with Gasteiger partial charge in [-0.1, -0.05) is 26.0 Å². The van der Waals surface area contributed by atoms with Crippen LogP contribution in [0.5, 0.6) is 0 Å². The first-order chi connectivity index (χ1) is 6.59. The van der Waals surface area contributed by atoms with Crippen LogP contribution in [-0.2, 0) is 4.79 Å². The highest BCUT2D eigenvalue weighted by molar-refractivity contribution is 5.71. The number of carboxylic acids is 1. The van der Waals surface area contributed by atoms with Gasteiger partial charge in [0.2, 0.25) is 0 Å². The predicted molar refractivity (Wildman–Crippen MR) is 54.8 cm³/mol. The van der Waals surface area contributed by atoms with E-state index < -0.39 is 5.97 Å². The van der Waals surface area contributed by atoms with Crippen LogP contribution in [0.25, 0.3) is 0 Å². The van der Waals surface area contributed by atoms with E-state index in [2.05, 4.69) is 12.2 Å². The summed E-state index contributed by atoms with van der Waals surface area (Å²) >= 11 is 0. The summed E-state index contributed by atoms with van der Waals surface area (Å²) < 4.78 is 0. The Kier molecular flexibility index (Phi) is 2.38. The van der Waals surface area contributed by atoms with E-state index in [9.17, 15) is 9.90 Å². The first-order valence-corrected chi connectivity index (χ1v) is 5.50. The smallest absolute Gasteiger partial charge is 0.307 e. The third-order valence-electron chi connectivity index (χ3n) is 3.79. The molecule has 0 spiro atoms. The van der Waals surface area contributed by atoms with E-state index >= 15 is 0 Å². The van der Waals surface area contributed by atoms with Crippen molar-refractivity contribution < 1.29 is 9.90 Å². The second-order valence-electron chi connectivity index (χ2n) is 5.05. The molecule has 0 radical (unpaired) electrons. The van der Waals surface area contributed by atoms with E-state index in [1.54, 1.807) is 0 Å². The lowest BCUT2D eigenvalue weighted by Gasteiger charge is -2.27. The van der Waals surface area contributed by atoms with Crippen LogP contribution in [0.15, 0.2) is 12.2 Å². The lowest BCUT2D eigenvalue weighted by molar-refractivity contribution is -0.146. The molecule has 1 saturated carbocycles. The second-order valence-corrected chi connectivity index (χ2v) is 5.05. The average Bonchev–Trinajstić information content (AvgIpc) is 2.63. The maximum atomic E-state index is 11.2. The molecule has 0 heterocycles. The van der Waals surface area contributed by atoms with Crippen molar-refractivity contribution in [3.63, 3.8) is 0 Å². The fourth-order valence-electron chi connectivity index (χ4n) is 3.20. The summed E-state index contributed by atoms with van der Waals surface area (Å²) in [6, 6.07) is 0. The summed E-state index contributed by atoms with van der Waals surface area (Å²) in [6.45, 7) is 4.04. The maximum absolute atomic E-state index is 11.2. The van der Waals surface area contributed by atoms with Crippen molar-refractivity contribution in [1.29, 1.82) is 0 Å². The molecule has 0 aliphatic heterocycles. The summed E-state index contributed by atoms with van der Waals surface area (Å²) in [5.74, 6) is 1.11. The normalized spacial score (nSPS) is 36.6. The molecule has 0 amide bonds. The van der Waals surface area contributed by atoms with Crippen LogP contribution in [-0.4, -0.2) is 11.1 Å². The first kappa shape index (κ1) is 9.75. The van der Waals surface area contributed by atoms with Crippen LogP contribution >= 0.6 is 0 Å². The number of fused-ring (bicyclic) bond motifs is 2. The van der Waals surface area contributed by atoms with Crippen LogP contribution in [0.1, 0.15) is 26.7 Å². The molecule has 2 rings (SSSR count). The summed E-state index contributed by atoms with van der Waals surface area (Å²) in [6.07, 6.45) is 6.79. The zero-order valence-corrected chi connectivity index (χ0v) is 8.81. The molecule has 0 aromatic rings. The molecule has 1 N–H and O–H groups in total. The van der Waals surface area contributed by atoms with E-state index in [1.807, 2.05) is 13.8 Å². The summed E-state index contributed by atoms with van der Waals surface area (Å²) in [4.78, 5) is 11.2. The molecular weight excluding hydrogens is 176 g/mol. The van der Waals surface area contributed by atoms with Crippen LogP contribution in [0.2, 0.25) is 0 Å². The molecule has 0 aromatic heterocycles. The van der Waals surface area contributed by atoms with E-state index in [-0.39, 0.29) is 11.8 Å². The summed E-state index contributed by atoms with van der Waals surface area (Å²) in [7, 11) is 0. The Morgan fingerprint density at radius 2 is 2.07 bits per heavy atom. The number of carboxylic acid groups (broad SMARTS) is 1. The SMILES string of the molecule is CC(C)C(C(=O)O)C1CC2C=CC1C2. The summed E-state index contributed by atoms with van der Waals surface area (Å²) in [5.41, 5.74) is 0. The van der Waals surface area contributed by atoms with Gasteiger partial charge in [0.05, 0.1) is 5.92 Å². The number of hydrogen-bond donors (Lipinski definition) is 1. The van der Waals surface area contributed by atoms with Gasteiger partial charge in [0, 0.05) is 0 Å². The van der Waals surface area contributed by atoms with Gasteiger partial charge in [0.25, 0.3) is 0 Å². The number of rotatable bonds is 3. The van der Waals surface area contributed by atoms with Crippen LogP contribution in [0.3, 0.4) is 0 Å². The highest BCUT2D eigenvalue weighted by atomic mass is 16.4. The molecule has 78 valence electrons. The Bertz CT molecular complexity index is 267. The number of allylic oxidation sites excluding steroid dienone is 2. The Balaban J connectivity index is 2.13. The van der Waals surface area contributed by atoms with Gasteiger partial charge in [0.1, 0.15) is 0 Å². The number of hydrogen-bond acceptors (Lipinski definition) is 1. The zero-order chi connectivity index (χ0) is 10.3. The third kappa shape index (κ3) is 1.47. The van der Waals surface area contributed by atoms with Gasteiger partial charge < -0.3 is 5.11 Å². The molecule has 1 fully saturated rings. The van der Waals surface area contributed by atoms with Crippen molar-refractivity contribution in [3.05, 3.63) is 12.2 Å². The van der Waals surface area contributed by atoms with E-state index in [4.69, 9.17) is 0 Å². The predicted octanol–water partition coefficient (Wildman–Crippen LogP) is 2.56. The molecule has 0 aromatic carbocycles. The second kappa shape index (κ2) is 3.41. The molecule has 2 aliphatic rings. The Hall–Kier alpha value is -0.790. The van der Waals surface area contributed by atoms with Gasteiger partial charge in [-0.15, -0.1) is 0 Å². The molecule has 0 saturated heterocycles. The van der Waals surface area contributed by atoms with Crippen molar-refractivity contribution in [2.75, 3.05) is 0 Å². The minimum Gasteiger partial charge on any atom is -0.481 e. The van der Waals surface area contributed by atoms with Gasteiger partial charge in [-0.05, 0) is 36.5 Å². The zero-order valence-electron chi connectivity index (χ0n) is 8.81. The third-order valence-corrected chi connectivity index (χ3v) is 3.79. The van der Waals surface area contributed by atoms with Crippen molar-refractivity contribution in [2.45, 2.75) is 26.7 Å². The largest absolute Gasteiger partial charge is 0.481 e. The summed E-state index contributed by atoms with van der Waals surface area (Å²) in [5, 5.41) is 9.21. The van der Waals surface area contributed by atoms with Gasteiger partial charge in [0.15, 0.2) is 0 Å². The molecule has 2 bridgehead atoms. The molecule has 14 heavy (non-hydrogen) atoms. The van der Waals surface area contributed by atoms with Crippen LogP contribution in [0.4, 0.5) is 0 Å². The Morgan fingerprint density at radius 3 is 2.43 bits per heavy atom. The van der Waals surface area contributed by atoms with Crippen molar-refractivity contribution in [2.24, 2.45) is 29.6 Å². The first-order valence-electron chi connectivity index (χ1n) is 5.50. The molecule has 2 aliphatic carbocycles. The van der Waals surface area contributed by atoms with E-state index in [1.165, 1.54) is 6.42 Å². The monoisotopic (exact) mass is 194 g/mol. The topological polar surface area (TPSA) is 37.3 Å². The number of aliphatic carboxylic acids is 1. The molecule has 4 atom stereocenters.